The van der Waals surface area contributed by atoms with Crippen molar-refractivity contribution in [1.82, 2.24) is 24.9 Å². The van der Waals surface area contributed by atoms with E-state index in [1.165, 1.54) is 18.3 Å². The van der Waals surface area contributed by atoms with Crippen LogP contribution in [-0.4, -0.2) is 69.9 Å². The molecule has 1 amide bonds. The molecule has 1 aliphatic rings. The second-order valence-electron chi connectivity index (χ2n) is 8.74. The Bertz CT molecular complexity index is 1480. The van der Waals surface area contributed by atoms with Gasteiger partial charge >= 0.3 is 12.4 Å². The number of hydrogen-bond acceptors (Lipinski definition) is 8. The molecule has 1 saturated heterocycles. The van der Waals surface area contributed by atoms with Gasteiger partial charge in [0.25, 0.3) is 11.8 Å². The number of ether oxygens (including phenoxy) is 2. The molecule has 0 bridgehead atoms. The zero-order valence-corrected chi connectivity index (χ0v) is 21.1. The second-order valence-corrected chi connectivity index (χ2v) is 11.5. The van der Waals surface area contributed by atoms with Crippen LogP contribution in [0.1, 0.15) is 29.9 Å². The number of carbonyl (C=O) groups is 1. The lowest BCUT2D eigenvalue weighted by molar-refractivity contribution is -0.153. The van der Waals surface area contributed by atoms with Gasteiger partial charge < -0.3 is 14.8 Å². The van der Waals surface area contributed by atoms with Crippen LogP contribution in [0, 0.1) is 0 Å². The van der Waals surface area contributed by atoms with Gasteiger partial charge in [-0.2, -0.15) is 26.3 Å². The predicted molar refractivity (Wildman–Crippen MR) is 123 cm³/mol. The third-order valence-electron chi connectivity index (χ3n) is 5.60. The van der Waals surface area contributed by atoms with E-state index >= 15 is 0 Å². The first-order chi connectivity index (χ1) is 18.0. The molecular formula is C21H18ClF6N5O5S. The average molecular weight is 602 g/mol. The van der Waals surface area contributed by atoms with Gasteiger partial charge in [-0.1, -0.05) is 11.6 Å². The molecule has 3 aromatic rings. The third kappa shape index (κ3) is 7.62. The molecule has 1 N–H and O–H groups in total. The quantitative estimate of drug-likeness (QED) is 0.401. The van der Waals surface area contributed by atoms with Crippen molar-refractivity contribution in [3.8, 4) is 17.4 Å². The zero-order valence-electron chi connectivity index (χ0n) is 19.5. The van der Waals surface area contributed by atoms with E-state index in [0.717, 1.165) is 16.8 Å². The summed E-state index contributed by atoms with van der Waals surface area (Å²) < 4.78 is 112. The van der Waals surface area contributed by atoms with Crippen LogP contribution in [0.25, 0.3) is 5.65 Å². The maximum absolute atomic E-state index is 13.3. The number of halogens is 7. The molecule has 0 aliphatic carbocycles. The van der Waals surface area contributed by atoms with Crippen LogP contribution >= 0.6 is 11.6 Å². The first kappa shape index (κ1) is 28.7. The highest BCUT2D eigenvalue weighted by atomic mass is 35.5. The standard InChI is InChI=1S/C21H18ClF6N5O5S/c22-12-7-14(37-11-21(26,27)28)18(29-9-12)38-13-1-4-33-15(8-13)30-16(32-33)17(34)31-19(10-20(23,24)25)2-5-39(35,36)6-3-19/h1,4,7-9H,2-3,5-6,10-11H2,(H,31,34). The molecule has 1 aliphatic heterocycles. The SMILES string of the molecule is O=C(NC1(CC(F)(F)F)CCS(=O)(=O)CC1)c1nc2cc(Oc3ncc(Cl)cc3OCC(F)(F)F)ccn2n1. The van der Waals surface area contributed by atoms with Gasteiger partial charge in [0.2, 0.25) is 5.82 Å². The topological polar surface area (TPSA) is 125 Å². The monoisotopic (exact) mass is 601 g/mol. The Labute approximate surface area is 221 Å². The molecule has 0 saturated carbocycles. The lowest BCUT2D eigenvalue weighted by Crippen LogP contribution is -2.55. The molecule has 0 spiro atoms. The van der Waals surface area contributed by atoms with Gasteiger partial charge in [-0.15, -0.1) is 5.10 Å². The predicted octanol–water partition coefficient (Wildman–Crippen LogP) is 4.14. The van der Waals surface area contributed by atoms with Crippen molar-refractivity contribution in [3.63, 3.8) is 0 Å². The normalized spacial score (nSPS) is 17.1. The lowest BCUT2D eigenvalue weighted by atomic mass is 9.88. The molecule has 0 unspecified atom stereocenters. The van der Waals surface area contributed by atoms with Crippen LogP contribution in [0.2, 0.25) is 5.02 Å². The molecular weight excluding hydrogens is 584 g/mol. The van der Waals surface area contributed by atoms with Crippen molar-refractivity contribution < 1.29 is 49.0 Å². The van der Waals surface area contributed by atoms with Crippen LogP contribution in [0.4, 0.5) is 26.3 Å². The molecule has 3 aromatic heterocycles. The highest BCUT2D eigenvalue weighted by Crippen LogP contribution is 2.36. The van der Waals surface area contributed by atoms with E-state index in [2.05, 4.69) is 20.4 Å². The summed E-state index contributed by atoms with van der Waals surface area (Å²) in [6, 6.07) is 3.62. The number of nitrogens with zero attached hydrogens (tertiary/aromatic N) is 4. The fraction of sp³-hybridized carbons (Fsp3) is 0.429. The van der Waals surface area contributed by atoms with Gasteiger partial charge in [0.1, 0.15) is 15.6 Å². The molecule has 10 nitrogen and oxygen atoms in total. The van der Waals surface area contributed by atoms with Gasteiger partial charge in [-0.3, -0.25) is 4.79 Å². The molecule has 39 heavy (non-hydrogen) atoms. The van der Waals surface area contributed by atoms with Gasteiger partial charge in [0, 0.05) is 24.5 Å². The average Bonchev–Trinajstić information content (AvgIpc) is 3.24. The summed E-state index contributed by atoms with van der Waals surface area (Å²) in [5.41, 5.74) is -1.85. The molecule has 1 fully saturated rings. The number of rotatable bonds is 7. The summed E-state index contributed by atoms with van der Waals surface area (Å²) in [6.07, 6.45) is -9.22. The summed E-state index contributed by atoms with van der Waals surface area (Å²) >= 11 is 5.78. The Kier molecular flexibility index (Phi) is 7.59. The molecule has 18 heteroatoms. The van der Waals surface area contributed by atoms with Crippen molar-refractivity contribution >= 4 is 33.0 Å². The number of aromatic nitrogens is 4. The molecule has 212 valence electrons. The fourth-order valence-corrected chi connectivity index (χ4v) is 5.59. The Balaban J connectivity index is 1.54. The van der Waals surface area contributed by atoms with E-state index < -0.39 is 82.6 Å². The van der Waals surface area contributed by atoms with Crippen LogP contribution in [0.5, 0.6) is 17.4 Å². The van der Waals surface area contributed by atoms with E-state index in [1.807, 2.05) is 0 Å². The fourth-order valence-electron chi connectivity index (χ4n) is 3.84. The zero-order chi connectivity index (χ0) is 28.6. The van der Waals surface area contributed by atoms with Gasteiger partial charge in [-0.25, -0.2) is 22.9 Å². The van der Waals surface area contributed by atoms with Gasteiger partial charge in [-0.05, 0) is 18.9 Å². The molecule has 4 rings (SSSR count). The molecule has 0 radical (unpaired) electrons. The van der Waals surface area contributed by atoms with E-state index in [4.69, 9.17) is 21.1 Å². The molecule has 0 atom stereocenters. The molecule has 0 aromatic carbocycles. The van der Waals surface area contributed by atoms with Crippen molar-refractivity contribution in [2.24, 2.45) is 0 Å². The molecule has 4 heterocycles. The second kappa shape index (κ2) is 10.3. The number of amides is 1. The maximum Gasteiger partial charge on any atom is 0.422 e. The van der Waals surface area contributed by atoms with Crippen molar-refractivity contribution in [2.45, 2.75) is 37.2 Å². The van der Waals surface area contributed by atoms with E-state index in [0.29, 0.717) is 0 Å². The lowest BCUT2D eigenvalue weighted by Gasteiger charge is -2.38. The number of pyridine rings is 2. The van der Waals surface area contributed by atoms with Crippen LogP contribution in [0.15, 0.2) is 30.6 Å². The van der Waals surface area contributed by atoms with Crippen LogP contribution < -0.4 is 14.8 Å². The number of carbonyl (C=O) groups excluding carboxylic acids is 1. The van der Waals surface area contributed by atoms with E-state index in [9.17, 15) is 39.6 Å². The first-order valence-electron chi connectivity index (χ1n) is 11.0. The van der Waals surface area contributed by atoms with Gasteiger partial charge in [0.05, 0.1) is 28.5 Å². The highest BCUT2D eigenvalue weighted by Gasteiger charge is 2.47. The van der Waals surface area contributed by atoms with Crippen molar-refractivity contribution in [2.75, 3.05) is 18.1 Å². The van der Waals surface area contributed by atoms with E-state index in [1.54, 1.807) is 0 Å². The summed E-state index contributed by atoms with van der Waals surface area (Å²) in [6.45, 7) is -1.63. The minimum absolute atomic E-state index is 0.000400. The van der Waals surface area contributed by atoms with Gasteiger partial charge in [0.15, 0.2) is 18.0 Å². The summed E-state index contributed by atoms with van der Waals surface area (Å²) in [7, 11) is -3.52. The maximum atomic E-state index is 13.3. The largest absolute Gasteiger partial charge is 0.478 e. The van der Waals surface area contributed by atoms with Crippen molar-refractivity contribution in [1.29, 1.82) is 0 Å². The highest BCUT2D eigenvalue weighted by molar-refractivity contribution is 7.91. The number of alkyl halides is 6. The number of nitrogens with one attached hydrogen (secondary N) is 1. The first-order valence-corrected chi connectivity index (χ1v) is 13.2. The minimum atomic E-state index is -4.68. The number of sulfone groups is 1. The third-order valence-corrected chi connectivity index (χ3v) is 7.46. The Morgan fingerprint density at radius 3 is 2.46 bits per heavy atom. The van der Waals surface area contributed by atoms with Crippen molar-refractivity contribution in [3.05, 3.63) is 41.4 Å². The summed E-state index contributed by atoms with van der Waals surface area (Å²) in [5, 5.41) is 6.19. The Morgan fingerprint density at radius 2 is 1.82 bits per heavy atom. The Hall–Kier alpha value is -3.34. The van der Waals surface area contributed by atoms with Crippen LogP contribution in [-0.2, 0) is 9.84 Å². The number of fused-ring (bicyclic) bond motifs is 1. The summed E-state index contributed by atoms with van der Waals surface area (Å²) in [4.78, 5) is 20.6. The smallest absolute Gasteiger partial charge is 0.422 e. The Morgan fingerprint density at radius 1 is 1.13 bits per heavy atom. The summed E-state index contributed by atoms with van der Waals surface area (Å²) in [5.74, 6) is -3.34. The number of hydrogen-bond donors (Lipinski definition) is 1. The minimum Gasteiger partial charge on any atom is -0.478 e. The van der Waals surface area contributed by atoms with Crippen LogP contribution in [0.3, 0.4) is 0 Å². The van der Waals surface area contributed by atoms with E-state index in [-0.39, 0.29) is 22.3 Å².